The Morgan fingerprint density at radius 1 is 0.949 bits per heavy atom. The van der Waals surface area contributed by atoms with E-state index in [0.717, 1.165) is 28.2 Å². The summed E-state index contributed by atoms with van der Waals surface area (Å²) in [5.74, 6) is 1.82. The molecule has 2 aromatic heterocycles. The Morgan fingerprint density at radius 3 is 2.12 bits per heavy atom. The predicted molar refractivity (Wildman–Crippen MR) is 229 cm³/mol. The van der Waals surface area contributed by atoms with Gasteiger partial charge in [0, 0.05) is 32.6 Å². The molecule has 0 amide bonds. The van der Waals surface area contributed by atoms with Crippen LogP contribution in [0.5, 0.6) is 11.5 Å². The van der Waals surface area contributed by atoms with E-state index in [2.05, 4.69) is 65.5 Å². The lowest BCUT2D eigenvalue weighted by molar-refractivity contribution is -0.0931. The molecular weight excluding hydrogens is 791 g/mol. The average molecular weight is 843 g/mol. The van der Waals surface area contributed by atoms with Crippen LogP contribution in [0.25, 0.3) is 11.0 Å². The number of ether oxygens (including phenoxy) is 4. The number of hydrogen-bond acceptors (Lipinski definition) is 12. The maximum atomic E-state index is 9.41. The van der Waals surface area contributed by atoms with Gasteiger partial charge in [-0.05, 0) is 80.3 Å². The van der Waals surface area contributed by atoms with E-state index in [1.54, 1.807) is 36.3 Å². The van der Waals surface area contributed by atoms with Gasteiger partial charge >= 0.3 is 0 Å². The van der Waals surface area contributed by atoms with Gasteiger partial charge in [0.2, 0.25) is 5.28 Å². The topological polar surface area (TPSA) is 142 Å². The Hall–Kier alpha value is -4.71. The molecule has 0 saturated carbocycles. The van der Waals surface area contributed by atoms with Crippen molar-refractivity contribution in [2.24, 2.45) is 4.99 Å². The van der Waals surface area contributed by atoms with Gasteiger partial charge < -0.3 is 32.9 Å². The van der Waals surface area contributed by atoms with Crippen LogP contribution >= 0.6 is 20.1 Å². The van der Waals surface area contributed by atoms with E-state index in [4.69, 9.17) is 44.7 Å². The predicted octanol–water partition coefficient (Wildman–Crippen LogP) is 8.68. The van der Waals surface area contributed by atoms with Crippen molar-refractivity contribution in [3.05, 3.63) is 107 Å². The summed E-state index contributed by atoms with van der Waals surface area (Å²) < 4.78 is 42.8. The Kier molecular flexibility index (Phi) is 14.9. The van der Waals surface area contributed by atoms with Gasteiger partial charge in [-0.2, -0.15) is 20.3 Å². The van der Waals surface area contributed by atoms with Crippen molar-refractivity contribution in [1.82, 2.24) is 29.3 Å². The molecule has 14 nitrogen and oxygen atoms in total. The second-order valence-corrected chi connectivity index (χ2v) is 16.5. The first kappa shape index (κ1) is 43.9. The van der Waals surface area contributed by atoms with E-state index >= 15 is 0 Å². The summed E-state index contributed by atoms with van der Waals surface area (Å²) in [6, 6.07) is 28.2. The third kappa shape index (κ3) is 10.0. The highest BCUT2D eigenvalue weighted by atomic mass is 35.5. The summed E-state index contributed by atoms with van der Waals surface area (Å²) in [5, 5.41) is 14.8. The molecule has 1 fully saturated rings. The quantitative estimate of drug-likeness (QED) is 0.0196. The second-order valence-electron chi connectivity index (χ2n) is 14.7. The third-order valence-electron chi connectivity index (χ3n) is 9.80. The van der Waals surface area contributed by atoms with Gasteiger partial charge in [-0.25, -0.2) is 14.3 Å². The number of nitriles is 1. The number of nitrogens with zero attached hydrogens (tertiary/aromatic N) is 8. The number of benzene rings is 3. The zero-order valence-corrected chi connectivity index (χ0v) is 36.4. The molecule has 0 aliphatic carbocycles. The molecule has 0 radical (unpaired) electrons. The van der Waals surface area contributed by atoms with Crippen LogP contribution in [0.15, 0.2) is 90.1 Å². The van der Waals surface area contributed by atoms with Crippen LogP contribution in [0.2, 0.25) is 5.28 Å². The van der Waals surface area contributed by atoms with Gasteiger partial charge in [0.05, 0.1) is 63.9 Å². The van der Waals surface area contributed by atoms with Crippen LogP contribution in [-0.4, -0.2) is 101 Å². The zero-order valence-electron chi connectivity index (χ0n) is 34.7. The highest BCUT2D eigenvalue weighted by Crippen LogP contribution is 2.51. The van der Waals surface area contributed by atoms with Crippen LogP contribution in [0.4, 0.5) is 5.82 Å². The normalized spacial score (nSPS) is 17.6. The van der Waals surface area contributed by atoms with Gasteiger partial charge in [-0.15, -0.1) is 0 Å². The molecule has 4 atom stereocenters. The van der Waals surface area contributed by atoms with Crippen LogP contribution < -0.4 is 9.47 Å². The smallest absolute Gasteiger partial charge is 0.259 e. The molecule has 1 unspecified atom stereocenters. The maximum absolute atomic E-state index is 9.41. The lowest BCUT2D eigenvalue weighted by Gasteiger charge is -2.39. The minimum atomic E-state index is -1.65. The fourth-order valence-corrected chi connectivity index (χ4v) is 9.08. The average Bonchev–Trinajstić information content (AvgIpc) is 3.84. The Morgan fingerprint density at radius 2 is 1.56 bits per heavy atom. The molecule has 3 aromatic carbocycles. The van der Waals surface area contributed by atoms with Crippen molar-refractivity contribution < 1.29 is 28.0 Å². The van der Waals surface area contributed by atoms with Crippen molar-refractivity contribution in [3.63, 3.8) is 0 Å². The molecule has 6 rings (SSSR count). The van der Waals surface area contributed by atoms with Crippen molar-refractivity contribution in [2.45, 2.75) is 76.7 Å². The monoisotopic (exact) mass is 842 g/mol. The first-order valence-corrected chi connectivity index (χ1v) is 21.0. The third-order valence-corrected chi connectivity index (χ3v) is 12.1. The molecule has 312 valence electrons. The molecule has 5 aromatic rings. The van der Waals surface area contributed by atoms with Gasteiger partial charge in [-0.1, -0.05) is 54.6 Å². The van der Waals surface area contributed by atoms with Gasteiger partial charge in [0.25, 0.3) is 8.53 Å². The summed E-state index contributed by atoms with van der Waals surface area (Å²) in [4.78, 5) is 15.3. The number of aliphatic imine (C=N–C) groups is 1. The summed E-state index contributed by atoms with van der Waals surface area (Å²) in [5.41, 5.74) is 2.02. The van der Waals surface area contributed by atoms with E-state index in [-0.39, 0.29) is 37.0 Å². The standard InChI is InChI=1S/C43H52ClN8O6P/c1-29(2)52(30(3)4)59(56-24-12-23-45)58-37-25-39(51-41-36(26-47-51)40(46-28-50(5)6)48-42(44)49-41)57-38(37)27-55-43(31-13-10-9-11-14-31,32-15-19-34(53-7)20-16-32)33-17-21-35(54-8)22-18-33/h9-11,13-22,26,28-30,37-39H,12,24-25,27H2,1-8H3/b46-28+/t37-,38+,39+,59?/m0/s1. The van der Waals surface area contributed by atoms with Crippen LogP contribution in [0, 0.1) is 11.3 Å². The molecule has 1 aliphatic heterocycles. The molecular formula is C43H52ClN8O6P. The first-order valence-electron chi connectivity index (χ1n) is 19.5. The lowest BCUT2D eigenvalue weighted by Crippen LogP contribution is -2.39. The fraction of sp³-hybridized carbons (Fsp3) is 0.419. The van der Waals surface area contributed by atoms with E-state index in [1.165, 1.54) is 0 Å². The van der Waals surface area contributed by atoms with Gasteiger partial charge in [-0.3, -0.25) is 0 Å². The molecule has 0 spiro atoms. The van der Waals surface area contributed by atoms with Crippen LogP contribution in [0.3, 0.4) is 0 Å². The van der Waals surface area contributed by atoms with E-state index in [9.17, 15) is 5.26 Å². The molecule has 16 heteroatoms. The number of fused-ring (bicyclic) bond motifs is 1. The summed E-state index contributed by atoms with van der Waals surface area (Å²) in [6.45, 7) is 8.73. The number of rotatable bonds is 19. The largest absolute Gasteiger partial charge is 0.497 e. The molecule has 3 heterocycles. The maximum Gasteiger partial charge on any atom is 0.259 e. The van der Waals surface area contributed by atoms with Crippen LogP contribution in [-0.2, 0) is 24.1 Å². The number of aromatic nitrogens is 4. The highest BCUT2D eigenvalue weighted by molar-refractivity contribution is 7.44. The van der Waals surface area contributed by atoms with Crippen molar-refractivity contribution >= 4 is 43.3 Å². The van der Waals surface area contributed by atoms with Crippen molar-refractivity contribution in [2.75, 3.05) is 41.5 Å². The Labute approximate surface area is 352 Å². The Bertz CT molecular complexity index is 2130. The summed E-state index contributed by atoms with van der Waals surface area (Å²) in [7, 11) is 5.38. The SMILES string of the molecule is COc1ccc(C(OC[C@H]2O[C@@H](n3ncc4c(/N=C/N(C)C)nc(Cl)nc43)C[C@@H]2OP(OCCC#N)N(C(C)C)C(C)C)(c2ccccc2)c2ccc(OC)cc2)cc1. The number of methoxy groups -OCH3 is 2. The molecule has 59 heavy (non-hydrogen) atoms. The van der Waals surface area contributed by atoms with E-state index in [0.29, 0.717) is 23.3 Å². The molecule has 1 saturated heterocycles. The fourth-order valence-electron chi connectivity index (χ4n) is 7.17. The zero-order chi connectivity index (χ0) is 42.1. The minimum Gasteiger partial charge on any atom is -0.497 e. The number of halogens is 1. The first-order chi connectivity index (χ1) is 28.5. The Balaban J connectivity index is 1.45. The van der Waals surface area contributed by atoms with Crippen molar-refractivity contribution in [1.29, 1.82) is 5.26 Å². The van der Waals surface area contributed by atoms with Gasteiger partial charge in [0.15, 0.2) is 17.7 Å². The lowest BCUT2D eigenvalue weighted by atomic mass is 9.80. The van der Waals surface area contributed by atoms with Crippen LogP contribution in [0.1, 0.15) is 63.5 Å². The van der Waals surface area contributed by atoms with Gasteiger partial charge in [0.1, 0.15) is 23.2 Å². The van der Waals surface area contributed by atoms with E-state index < -0.39 is 32.6 Å². The molecule has 0 bridgehead atoms. The summed E-state index contributed by atoms with van der Waals surface area (Å²) in [6.07, 6.45) is 2.10. The molecule has 0 N–H and O–H groups in total. The van der Waals surface area contributed by atoms with E-state index in [1.807, 2.05) is 80.8 Å². The van der Waals surface area contributed by atoms with Crippen molar-refractivity contribution in [3.8, 4) is 17.6 Å². The molecule has 1 aliphatic rings. The highest BCUT2D eigenvalue weighted by Gasteiger charge is 2.45. The second kappa shape index (κ2) is 20.0. The summed E-state index contributed by atoms with van der Waals surface area (Å²) >= 11 is 6.47. The number of hydrogen-bond donors (Lipinski definition) is 0. The minimum absolute atomic E-state index is 0.0291.